The van der Waals surface area contributed by atoms with Crippen LogP contribution in [0.4, 0.5) is 8.78 Å². The Morgan fingerprint density at radius 3 is 2.59 bits per heavy atom. The summed E-state index contributed by atoms with van der Waals surface area (Å²) in [7, 11) is 0. The first-order chi connectivity index (χ1) is 8.13. The van der Waals surface area contributed by atoms with E-state index >= 15 is 0 Å². The van der Waals surface area contributed by atoms with E-state index in [1.54, 1.807) is 0 Å². The van der Waals surface area contributed by atoms with Crippen LogP contribution in [0, 0.1) is 11.6 Å². The predicted molar refractivity (Wildman–Crippen MR) is 59.2 cm³/mol. The second-order valence-electron chi connectivity index (χ2n) is 3.42. The Balaban J connectivity index is 2.49. The van der Waals surface area contributed by atoms with Crippen molar-refractivity contribution in [3.8, 4) is 0 Å². The Kier molecular flexibility index (Phi) is 3.42. The second kappa shape index (κ2) is 4.83. The van der Waals surface area contributed by atoms with Crippen LogP contribution in [-0.2, 0) is 0 Å². The minimum atomic E-state index is -0.767. The van der Waals surface area contributed by atoms with Gasteiger partial charge in [0.1, 0.15) is 11.6 Å². The van der Waals surface area contributed by atoms with Gasteiger partial charge in [0, 0.05) is 11.1 Å². The molecule has 3 N–H and O–H groups in total. The maximum Gasteiger partial charge on any atom is 0.198 e. The first-order valence-corrected chi connectivity index (χ1v) is 5.15. The Morgan fingerprint density at radius 1 is 1.24 bits per heavy atom. The highest BCUT2D eigenvalue weighted by atomic mass is 35.5. The number of halogens is 3. The fraction of sp³-hybridized carbons (Fsp3) is 0.0909. The molecule has 1 heterocycles. The van der Waals surface area contributed by atoms with Crippen LogP contribution in [0.3, 0.4) is 0 Å². The van der Waals surface area contributed by atoms with Gasteiger partial charge in [-0.2, -0.15) is 0 Å². The van der Waals surface area contributed by atoms with Crippen molar-refractivity contribution in [1.29, 1.82) is 0 Å². The molecule has 0 fully saturated rings. The van der Waals surface area contributed by atoms with E-state index in [2.05, 4.69) is 5.43 Å². The lowest BCUT2D eigenvalue weighted by Crippen LogP contribution is -2.29. The number of rotatable bonds is 3. The summed E-state index contributed by atoms with van der Waals surface area (Å²) in [6.45, 7) is 0. The molecule has 2 aromatic rings. The third-order valence-electron chi connectivity index (χ3n) is 2.39. The Labute approximate surface area is 101 Å². The molecular formula is C11H9ClF2N2O. The zero-order valence-corrected chi connectivity index (χ0v) is 9.34. The highest BCUT2D eigenvalue weighted by molar-refractivity contribution is 6.29. The van der Waals surface area contributed by atoms with Crippen molar-refractivity contribution in [1.82, 2.24) is 5.43 Å². The van der Waals surface area contributed by atoms with Gasteiger partial charge in [-0.3, -0.25) is 5.84 Å². The zero-order valence-electron chi connectivity index (χ0n) is 8.58. The van der Waals surface area contributed by atoms with Gasteiger partial charge in [-0.05, 0) is 35.9 Å². The summed E-state index contributed by atoms with van der Waals surface area (Å²) < 4.78 is 31.6. The predicted octanol–water partition coefficient (Wildman–Crippen LogP) is 2.76. The van der Waals surface area contributed by atoms with E-state index in [4.69, 9.17) is 21.9 Å². The summed E-state index contributed by atoms with van der Waals surface area (Å²) in [5.74, 6) is 4.21. The van der Waals surface area contributed by atoms with Gasteiger partial charge in [-0.15, -0.1) is 0 Å². The van der Waals surface area contributed by atoms with Crippen molar-refractivity contribution in [2.24, 2.45) is 5.84 Å². The minimum Gasteiger partial charge on any atom is -0.453 e. The smallest absolute Gasteiger partial charge is 0.198 e. The average Bonchev–Trinajstić information content (AvgIpc) is 2.71. The van der Waals surface area contributed by atoms with Crippen LogP contribution >= 0.6 is 11.6 Å². The number of benzene rings is 1. The standard InChI is InChI=1S/C11H9ClF2N2O/c12-11-7(3-4-17-11)10(16-15)8-5-6(13)1-2-9(8)14/h1-5,10,16H,15H2. The highest BCUT2D eigenvalue weighted by Crippen LogP contribution is 2.30. The molecule has 0 saturated heterocycles. The molecule has 1 aromatic carbocycles. The Hall–Kier alpha value is -1.43. The van der Waals surface area contributed by atoms with Crippen molar-refractivity contribution < 1.29 is 13.2 Å². The molecule has 6 heteroatoms. The van der Waals surface area contributed by atoms with Gasteiger partial charge >= 0.3 is 0 Å². The summed E-state index contributed by atoms with van der Waals surface area (Å²) in [4.78, 5) is 0. The van der Waals surface area contributed by atoms with E-state index in [9.17, 15) is 8.78 Å². The van der Waals surface area contributed by atoms with Crippen molar-refractivity contribution in [3.05, 3.63) is 58.5 Å². The number of furan rings is 1. The van der Waals surface area contributed by atoms with E-state index in [-0.39, 0.29) is 10.8 Å². The average molecular weight is 259 g/mol. The molecule has 3 nitrogen and oxygen atoms in total. The van der Waals surface area contributed by atoms with Crippen molar-refractivity contribution in [2.75, 3.05) is 0 Å². The number of hydrazine groups is 1. The minimum absolute atomic E-state index is 0.0656. The first-order valence-electron chi connectivity index (χ1n) is 4.77. The molecule has 0 saturated carbocycles. The topological polar surface area (TPSA) is 51.2 Å². The molecule has 2 rings (SSSR count). The van der Waals surface area contributed by atoms with Crippen LogP contribution in [0.5, 0.6) is 0 Å². The van der Waals surface area contributed by atoms with Gasteiger partial charge < -0.3 is 4.42 Å². The number of nitrogens with one attached hydrogen (secondary N) is 1. The number of hydrogen-bond acceptors (Lipinski definition) is 3. The first kappa shape index (κ1) is 12.0. The molecule has 17 heavy (non-hydrogen) atoms. The fourth-order valence-electron chi connectivity index (χ4n) is 1.59. The summed E-state index contributed by atoms with van der Waals surface area (Å²) >= 11 is 5.78. The van der Waals surface area contributed by atoms with Crippen LogP contribution < -0.4 is 11.3 Å². The van der Waals surface area contributed by atoms with Gasteiger partial charge in [0.2, 0.25) is 0 Å². The molecule has 0 bridgehead atoms. The zero-order chi connectivity index (χ0) is 12.4. The van der Waals surface area contributed by atoms with Crippen LogP contribution in [0.2, 0.25) is 5.22 Å². The van der Waals surface area contributed by atoms with Crippen LogP contribution in [0.15, 0.2) is 34.9 Å². The molecule has 0 spiro atoms. The van der Waals surface area contributed by atoms with E-state index in [1.807, 2.05) is 0 Å². The normalized spacial score (nSPS) is 12.7. The van der Waals surface area contributed by atoms with E-state index < -0.39 is 17.7 Å². The van der Waals surface area contributed by atoms with Gasteiger partial charge in [0.05, 0.1) is 12.3 Å². The van der Waals surface area contributed by atoms with Crippen molar-refractivity contribution in [3.63, 3.8) is 0 Å². The number of hydrogen-bond donors (Lipinski definition) is 2. The van der Waals surface area contributed by atoms with Crippen LogP contribution in [0.1, 0.15) is 17.2 Å². The van der Waals surface area contributed by atoms with E-state index in [1.165, 1.54) is 12.3 Å². The molecular weight excluding hydrogens is 250 g/mol. The van der Waals surface area contributed by atoms with Crippen molar-refractivity contribution >= 4 is 11.6 Å². The summed E-state index contributed by atoms with van der Waals surface area (Å²) in [5.41, 5.74) is 2.89. The molecule has 0 aliphatic heterocycles. The lowest BCUT2D eigenvalue weighted by atomic mass is 10.0. The highest BCUT2D eigenvalue weighted by Gasteiger charge is 2.21. The summed E-state index contributed by atoms with van der Waals surface area (Å²) in [5, 5.41) is 0.0802. The summed E-state index contributed by atoms with van der Waals surface area (Å²) in [6.07, 6.45) is 1.35. The maximum absolute atomic E-state index is 13.6. The Bertz CT molecular complexity index is 530. The molecule has 1 atom stereocenters. The van der Waals surface area contributed by atoms with Gasteiger partial charge in [-0.25, -0.2) is 14.2 Å². The van der Waals surface area contributed by atoms with Crippen LogP contribution in [0.25, 0.3) is 0 Å². The molecule has 90 valence electrons. The van der Waals surface area contributed by atoms with Crippen molar-refractivity contribution in [2.45, 2.75) is 6.04 Å². The van der Waals surface area contributed by atoms with E-state index in [0.29, 0.717) is 5.56 Å². The van der Waals surface area contributed by atoms with E-state index in [0.717, 1.165) is 18.2 Å². The molecule has 0 radical (unpaired) electrons. The third kappa shape index (κ3) is 2.31. The lowest BCUT2D eigenvalue weighted by molar-refractivity contribution is 0.532. The van der Waals surface area contributed by atoms with Gasteiger partial charge in [0.15, 0.2) is 5.22 Å². The summed E-state index contributed by atoms with van der Waals surface area (Å²) in [6, 6.07) is 3.89. The van der Waals surface area contributed by atoms with Gasteiger partial charge in [0.25, 0.3) is 0 Å². The molecule has 1 unspecified atom stereocenters. The SMILES string of the molecule is NNC(c1cc(F)ccc1F)c1ccoc1Cl. The quantitative estimate of drug-likeness (QED) is 0.657. The molecule has 0 amide bonds. The largest absolute Gasteiger partial charge is 0.453 e. The number of nitrogens with two attached hydrogens (primary N) is 1. The second-order valence-corrected chi connectivity index (χ2v) is 3.76. The molecule has 0 aliphatic carbocycles. The molecule has 1 aromatic heterocycles. The van der Waals surface area contributed by atoms with Crippen LogP contribution in [-0.4, -0.2) is 0 Å². The monoisotopic (exact) mass is 258 g/mol. The Morgan fingerprint density at radius 2 is 2.00 bits per heavy atom. The maximum atomic E-state index is 13.6. The third-order valence-corrected chi connectivity index (χ3v) is 2.70. The molecule has 0 aliphatic rings. The lowest BCUT2D eigenvalue weighted by Gasteiger charge is -2.16. The fourth-order valence-corrected chi connectivity index (χ4v) is 1.82. The van der Waals surface area contributed by atoms with Gasteiger partial charge in [-0.1, -0.05) is 0 Å².